The number of rotatable bonds is 0. The van der Waals surface area contributed by atoms with Crippen LogP contribution in [0.4, 0.5) is 51.8 Å². The van der Waals surface area contributed by atoms with E-state index in [4.69, 9.17) is 0 Å². The van der Waals surface area contributed by atoms with Gasteiger partial charge in [0.15, 0.2) is 0 Å². The first-order valence-electron chi connectivity index (χ1n) is 4.83. The van der Waals surface area contributed by atoms with E-state index in [0.29, 0.717) is 0 Å². The first-order chi connectivity index (χ1) is 8.21. The van der Waals surface area contributed by atoms with Gasteiger partial charge in [-0.15, -0.1) is 0 Å². The summed E-state index contributed by atoms with van der Waals surface area (Å²) in [4.78, 5) is 0. The van der Waals surface area contributed by atoms with E-state index in [9.17, 15) is 51.8 Å². The second kappa shape index (κ2) is 8.60. The fourth-order valence-electron chi connectivity index (χ4n) is 0.250. The number of hydrogen-bond donors (Lipinski definition) is 0. The minimum atomic E-state index is -6.00. The average Bonchev–Trinajstić information content (AvgIpc) is 2.52. The van der Waals surface area contributed by atoms with Gasteiger partial charge in [0, 0.05) is 0 Å². The van der Waals surface area contributed by atoms with E-state index in [1.54, 1.807) is 0 Å². The summed E-state index contributed by atoms with van der Waals surface area (Å²) in [6.07, 6.45) is 2.90. The molecule has 1 aliphatic rings. The van der Waals surface area contributed by atoms with Crippen LogP contribution in [-0.4, -0.2) is 21.8 Å². The highest BCUT2D eigenvalue weighted by atomic mass is 19.5. The van der Waals surface area contributed by atoms with Crippen LogP contribution in [0.2, 0.25) is 0 Å². The van der Waals surface area contributed by atoms with Crippen molar-refractivity contribution < 1.29 is 51.8 Å². The quantitative estimate of drug-likeness (QED) is 0.394. The second-order valence-electron chi connectivity index (χ2n) is 4.15. The molecule has 1 aliphatic carbocycles. The van der Waals surface area contributed by atoms with Gasteiger partial charge >= 0.3 is 21.8 Å². The Morgan fingerprint density at radius 3 is 0.550 bits per heavy atom. The van der Waals surface area contributed by atoms with Crippen LogP contribution in [0.25, 0.3) is 0 Å². The summed E-state index contributed by atoms with van der Waals surface area (Å²) in [6.45, 7) is 4.60. The van der Waals surface area contributed by atoms with Crippen LogP contribution in [0.5, 0.6) is 0 Å². The lowest BCUT2D eigenvalue weighted by Crippen LogP contribution is -2.02. The first kappa shape index (κ1) is 24.4. The van der Waals surface area contributed by atoms with Gasteiger partial charge in [0.05, 0.1) is 0 Å². The van der Waals surface area contributed by atoms with Gasteiger partial charge in [-0.3, -0.25) is 0 Å². The Kier molecular flexibility index (Phi) is 10.5. The highest BCUT2D eigenvalue weighted by Gasteiger charge is 2.30. The molecule has 0 radical (unpaired) electrons. The smallest absolute Gasteiger partial charge is 0.418 e. The summed E-state index contributed by atoms with van der Waals surface area (Å²) < 4.78 is 117. The molecule has 1 fully saturated rings. The average molecular weight is 331 g/mol. The lowest BCUT2D eigenvalue weighted by atomic mass is 10.2. The van der Waals surface area contributed by atoms with E-state index in [1.807, 2.05) is 0 Å². The van der Waals surface area contributed by atoms with Crippen LogP contribution in [0, 0.1) is 5.41 Å². The van der Waals surface area contributed by atoms with Gasteiger partial charge in [-0.05, 0) is 18.3 Å². The molecular formula is C5H10B3F12-3. The Bertz CT molecular complexity index is 181. The van der Waals surface area contributed by atoms with Crippen LogP contribution in [-0.2, 0) is 0 Å². The molecule has 1 rings (SSSR count). The summed E-state index contributed by atoms with van der Waals surface area (Å²) in [5.41, 5.74) is 0.750. The van der Waals surface area contributed by atoms with E-state index < -0.39 is 21.8 Å². The van der Waals surface area contributed by atoms with Crippen LogP contribution in [0.1, 0.15) is 26.7 Å². The van der Waals surface area contributed by atoms with Crippen molar-refractivity contribution in [3.05, 3.63) is 0 Å². The van der Waals surface area contributed by atoms with Crippen LogP contribution in [0.15, 0.2) is 0 Å². The molecule has 0 bridgehead atoms. The molecule has 126 valence electrons. The second-order valence-corrected chi connectivity index (χ2v) is 4.15. The normalized spacial score (nSPS) is 16.5. The van der Waals surface area contributed by atoms with Crippen molar-refractivity contribution in [3.63, 3.8) is 0 Å². The Balaban J connectivity index is -0.000000193. The van der Waals surface area contributed by atoms with Gasteiger partial charge in [-0.2, -0.15) is 0 Å². The largest absolute Gasteiger partial charge is 0.673 e. The molecule has 0 atom stereocenters. The predicted molar refractivity (Wildman–Crippen MR) is 53.6 cm³/mol. The molecule has 0 aromatic rings. The Morgan fingerprint density at radius 2 is 0.550 bits per heavy atom. The predicted octanol–water partition coefficient (Wildman–Crippen LogP) is 5.71. The van der Waals surface area contributed by atoms with Crippen LogP contribution in [0.3, 0.4) is 0 Å². The summed E-state index contributed by atoms with van der Waals surface area (Å²) >= 11 is 0. The Morgan fingerprint density at radius 1 is 0.500 bits per heavy atom. The molecule has 0 unspecified atom stereocenters. The van der Waals surface area contributed by atoms with Crippen LogP contribution >= 0.6 is 0 Å². The summed E-state index contributed by atoms with van der Waals surface area (Å²) in [5.74, 6) is 0. The van der Waals surface area contributed by atoms with Gasteiger partial charge in [-0.1, -0.05) is 13.8 Å². The molecule has 0 heterocycles. The SMILES string of the molecule is CC1(C)CC1.F[B-](F)(F)F.F[B-](F)(F)F.F[B-](F)(F)F. The maximum Gasteiger partial charge on any atom is 0.673 e. The molecule has 0 aliphatic heterocycles. The monoisotopic (exact) mass is 331 g/mol. The summed E-state index contributed by atoms with van der Waals surface area (Å²) in [7, 11) is -18.0. The molecule has 0 saturated heterocycles. The minimum absolute atomic E-state index is 0.750. The van der Waals surface area contributed by atoms with Gasteiger partial charge in [0.1, 0.15) is 0 Å². The third-order valence-electron chi connectivity index (χ3n) is 1.25. The van der Waals surface area contributed by atoms with E-state index in [0.717, 1.165) is 5.41 Å². The number of hydrogen-bond acceptors (Lipinski definition) is 0. The highest BCUT2D eigenvalue weighted by Crippen LogP contribution is 2.43. The lowest BCUT2D eigenvalue weighted by Gasteiger charge is -1.94. The topological polar surface area (TPSA) is 0 Å². The van der Waals surface area contributed by atoms with E-state index in [1.165, 1.54) is 12.8 Å². The zero-order valence-electron chi connectivity index (χ0n) is 10.2. The lowest BCUT2D eigenvalue weighted by molar-refractivity contribution is 0.366. The molecular weight excluding hydrogens is 320 g/mol. The highest BCUT2D eigenvalue weighted by molar-refractivity contribution is 6.50. The van der Waals surface area contributed by atoms with E-state index in [2.05, 4.69) is 13.8 Å². The Labute approximate surface area is 107 Å². The third-order valence-corrected chi connectivity index (χ3v) is 1.25. The molecule has 0 spiro atoms. The van der Waals surface area contributed by atoms with Crippen molar-refractivity contribution >= 4 is 21.8 Å². The van der Waals surface area contributed by atoms with Gasteiger partial charge in [0.25, 0.3) is 0 Å². The third kappa shape index (κ3) is 245. The molecule has 20 heavy (non-hydrogen) atoms. The maximum atomic E-state index is 9.75. The molecule has 0 aromatic heterocycles. The fraction of sp³-hybridized carbons (Fsp3) is 1.00. The minimum Gasteiger partial charge on any atom is -0.418 e. The van der Waals surface area contributed by atoms with E-state index >= 15 is 0 Å². The van der Waals surface area contributed by atoms with Gasteiger partial charge < -0.3 is 51.8 Å². The number of halogens is 12. The molecule has 0 N–H and O–H groups in total. The van der Waals surface area contributed by atoms with Crippen molar-refractivity contribution in [1.82, 2.24) is 0 Å². The molecule has 1 saturated carbocycles. The maximum absolute atomic E-state index is 9.75. The molecule has 0 nitrogen and oxygen atoms in total. The zero-order valence-corrected chi connectivity index (χ0v) is 10.2. The first-order valence-corrected chi connectivity index (χ1v) is 4.83. The fourth-order valence-corrected chi connectivity index (χ4v) is 0.250. The van der Waals surface area contributed by atoms with Crippen molar-refractivity contribution in [2.75, 3.05) is 0 Å². The zero-order chi connectivity index (χ0) is 17.4. The van der Waals surface area contributed by atoms with E-state index in [-0.39, 0.29) is 0 Å². The molecule has 0 amide bonds. The van der Waals surface area contributed by atoms with Crippen molar-refractivity contribution in [2.24, 2.45) is 5.41 Å². The van der Waals surface area contributed by atoms with Crippen LogP contribution < -0.4 is 0 Å². The molecule has 15 heteroatoms. The van der Waals surface area contributed by atoms with Crippen molar-refractivity contribution in [2.45, 2.75) is 26.7 Å². The van der Waals surface area contributed by atoms with Gasteiger partial charge in [0.2, 0.25) is 0 Å². The summed E-state index contributed by atoms with van der Waals surface area (Å²) in [6, 6.07) is 0. The summed E-state index contributed by atoms with van der Waals surface area (Å²) in [5, 5.41) is 0. The van der Waals surface area contributed by atoms with Crippen molar-refractivity contribution in [1.29, 1.82) is 0 Å². The van der Waals surface area contributed by atoms with Gasteiger partial charge in [-0.25, -0.2) is 0 Å². The standard InChI is InChI=1S/C5H10.3BF4/c1-5(2)3-4-5;3*2-1(3,4)5/h3-4H2,1-2H3;;;/q;3*-1. The van der Waals surface area contributed by atoms with Crippen molar-refractivity contribution in [3.8, 4) is 0 Å². The molecule has 0 aromatic carbocycles. The Hall–Kier alpha value is -0.645.